The first kappa shape index (κ1) is 20.2. The first-order chi connectivity index (χ1) is 16.6. The van der Waals surface area contributed by atoms with Gasteiger partial charge in [-0.25, -0.2) is 19.2 Å². The van der Waals surface area contributed by atoms with Crippen LogP contribution < -0.4 is 14.2 Å². The fourth-order valence-electron chi connectivity index (χ4n) is 4.59. The largest absolute Gasteiger partial charge is 0.493 e. The molecule has 0 fully saturated rings. The summed E-state index contributed by atoms with van der Waals surface area (Å²) < 4.78 is 21.0. The molecule has 0 amide bonds. The zero-order valence-electron chi connectivity index (χ0n) is 19.2. The smallest absolute Gasteiger partial charge is 0.230 e. The molecule has 0 bridgehead atoms. The topological polar surface area (TPSA) is 88.6 Å². The van der Waals surface area contributed by atoms with Crippen molar-refractivity contribution in [2.75, 3.05) is 14.2 Å². The van der Waals surface area contributed by atoms with Crippen LogP contribution in [0, 0.1) is 13.8 Å². The summed E-state index contributed by atoms with van der Waals surface area (Å²) in [5.74, 6) is 2.80. The summed E-state index contributed by atoms with van der Waals surface area (Å²) in [6, 6.07) is 15.8. The summed E-state index contributed by atoms with van der Waals surface area (Å²) >= 11 is 0. The molecular formula is C25H22N6O3. The number of hydrogen-bond donors (Lipinski definition) is 0. The van der Waals surface area contributed by atoms with Crippen LogP contribution >= 0.6 is 0 Å². The van der Waals surface area contributed by atoms with E-state index in [9.17, 15) is 0 Å². The van der Waals surface area contributed by atoms with Crippen molar-refractivity contribution >= 4 is 5.65 Å². The summed E-state index contributed by atoms with van der Waals surface area (Å²) in [5, 5.41) is 9.31. The van der Waals surface area contributed by atoms with Crippen LogP contribution in [0.1, 0.15) is 34.1 Å². The molecule has 0 unspecified atom stereocenters. The van der Waals surface area contributed by atoms with Gasteiger partial charge in [0.2, 0.25) is 11.8 Å². The van der Waals surface area contributed by atoms with Crippen molar-refractivity contribution in [1.29, 1.82) is 0 Å². The van der Waals surface area contributed by atoms with E-state index in [4.69, 9.17) is 24.3 Å². The normalized spacial score (nSPS) is 14.4. The highest BCUT2D eigenvalue weighted by atomic mass is 16.5. The van der Waals surface area contributed by atoms with Gasteiger partial charge in [0.25, 0.3) is 0 Å². The Labute approximate surface area is 195 Å². The molecule has 6 rings (SSSR count). The van der Waals surface area contributed by atoms with Crippen LogP contribution in [0.2, 0.25) is 0 Å². The second kappa shape index (κ2) is 7.58. The van der Waals surface area contributed by atoms with E-state index in [0.29, 0.717) is 34.7 Å². The third-order valence-corrected chi connectivity index (χ3v) is 6.07. The maximum Gasteiger partial charge on any atom is 0.230 e. The van der Waals surface area contributed by atoms with Crippen molar-refractivity contribution in [2.45, 2.75) is 19.8 Å². The quantitative estimate of drug-likeness (QED) is 0.394. The van der Waals surface area contributed by atoms with Gasteiger partial charge in [-0.2, -0.15) is 10.2 Å². The highest BCUT2D eigenvalue weighted by Gasteiger charge is 2.38. The van der Waals surface area contributed by atoms with Gasteiger partial charge in [-0.15, -0.1) is 0 Å². The minimum absolute atomic E-state index is 0.254. The Kier molecular flexibility index (Phi) is 4.51. The number of benzene rings is 2. The van der Waals surface area contributed by atoms with Crippen molar-refractivity contribution in [3.8, 4) is 28.9 Å². The van der Waals surface area contributed by atoms with E-state index in [1.54, 1.807) is 25.1 Å². The van der Waals surface area contributed by atoms with E-state index in [2.05, 4.69) is 10.1 Å². The Balaban J connectivity index is 1.66. The number of ether oxygens (including phenoxy) is 3. The Bertz CT molecular complexity index is 1540. The molecular weight excluding hydrogens is 432 g/mol. The van der Waals surface area contributed by atoms with Gasteiger partial charge in [-0.1, -0.05) is 24.3 Å². The summed E-state index contributed by atoms with van der Waals surface area (Å²) in [6.45, 7) is 3.85. The molecule has 9 heteroatoms. The van der Waals surface area contributed by atoms with Crippen LogP contribution in [-0.2, 0) is 0 Å². The molecule has 34 heavy (non-hydrogen) atoms. The predicted octanol–water partition coefficient (Wildman–Crippen LogP) is 4.23. The number of nitrogens with zero attached hydrogens (tertiary/aromatic N) is 6. The van der Waals surface area contributed by atoms with Crippen molar-refractivity contribution in [2.24, 2.45) is 0 Å². The fourth-order valence-corrected chi connectivity index (χ4v) is 4.59. The summed E-state index contributed by atoms with van der Waals surface area (Å²) in [4.78, 5) is 9.29. The lowest BCUT2D eigenvalue weighted by molar-refractivity contribution is 0.354. The number of rotatable bonds is 4. The summed E-state index contributed by atoms with van der Waals surface area (Å²) in [7, 11) is 3.26. The molecule has 4 heterocycles. The van der Waals surface area contributed by atoms with Crippen LogP contribution in [0.5, 0.6) is 23.3 Å². The Hall–Kier alpha value is -4.40. The molecule has 5 aromatic rings. The molecule has 0 saturated carbocycles. The van der Waals surface area contributed by atoms with Crippen LogP contribution in [-0.4, -0.2) is 43.6 Å². The average Bonchev–Trinajstić information content (AvgIpc) is 3.41. The molecule has 0 N–H and O–H groups in total. The number of methoxy groups -OCH3 is 2. The second-order valence-corrected chi connectivity index (χ2v) is 8.09. The van der Waals surface area contributed by atoms with E-state index in [1.807, 2.05) is 67.1 Å². The van der Waals surface area contributed by atoms with Gasteiger partial charge in [0, 0.05) is 0 Å². The highest BCUT2D eigenvalue weighted by Crippen LogP contribution is 2.50. The molecule has 1 aliphatic rings. The van der Waals surface area contributed by atoms with Crippen LogP contribution in [0.15, 0.2) is 54.9 Å². The second-order valence-electron chi connectivity index (χ2n) is 8.09. The molecule has 1 atom stereocenters. The molecule has 9 nitrogen and oxygen atoms in total. The highest BCUT2D eigenvalue weighted by molar-refractivity contribution is 5.67. The predicted molar refractivity (Wildman–Crippen MR) is 124 cm³/mol. The van der Waals surface area contributed by atoms with Gasteiger partial charge in [0.1, 0.15) is 12.2 Å². The zero-order chi connectivity index (χ0) is 23.4. The van der Waals surface area contributed by atoms with Crippen LogP contribution in [0.25, 0.3) is 11.3 Å². The first-order valence-electron chi connectivity index (χ1n) is 10.9. The van der Waals surface area contributed by atoms with Gasteiger partial charge in [-0.3, -0.25) is 0 Å². The van der Waals surface area contributed by atoms with E-state index in [0.717, 1.165) is 28.1 Å². The van der Waals surface area contributed by atoms with Crippen molar-refractivity contribution in [3.05, 3.63) is 83.1 Å². The molecule has 170 valence electrons. The minimum Gasteiger partial charge on any atom is -0.493 e. The fraction of sp³-hybridized carbons (Fsp3) is 0.200. The number of aromatic nitrogens is 6. The van der Waals surface area contributed by atoms with Crippen molar-refractivity contribution in [3.63, 3.8) is 0 Å². The molecule has 0 spiro atoms. The maximum absolute atomic E-state index is 6.41. The molecule has 3 aromatic heterocycles. The standard InChI is InChI=1S/C25H22N6O3/c1-14-20-21(16-10-11-18(32-3)19(12-16)33-4)22-23-27-15(2)29-30(23)13-26-24(22)34-25(20)31(28-14)17-8-6-5-7-9-17/h5-13,21H,1-4H3/t21-/m1/s1. The van der Waals surface area contributed by atoms with Gasteiger partial charge in [-0.05, 0) is 43.7 Å². The minimum atomic E-state index is -0.254. The molecule has 1 aliphatic heterocycles. The molecule has 0 saturated heterocycles. The summed E-state index contributed by atoms with van der Waals surface area (Å²) in [6.07, 6.45) is 1.63. The number of aryl methyl sites for hydroxylation is 2. The van der Waals surface area contributed by atoms with E-state index < -0.39 is 0 Å². The van der Waals surface area contributed by atoms with Gasteiger partial charge >= 0.3 is 0 Å². The molecule has 0 radical (unpaired) electrons. The van der Waals surface area contributed by atoms with Crippen LogP contribution in [0.3, 0.4) is 0 Å². The number of para-hydroxylation sites is 1. The molecule has 0 aliphatic carbocycles. The SMILES string of the molecule is COc1ccc([C@@H]2c3c(C)nn(-c4ccccc4)c3Oc3ncn4nc(C)nc4c32)cc1OC. The Morgan fingerprint density at radius 2 is 1.71 bits per heavy atom. The van der Waals surface area contributed by atoms with E-state index in [-0.39, 0.29) is 5.92 Å². The van der Waals surface area contributed by atoms with Gasteiger partial charge in [0.05, 0.1) is 42.6 Å². The van der Waals surface area contributed by atoms with E-state index >= 15 is 0 Å². The maximum atomic E-state index is 6.41. The number of hydrogen-bond acceptors (Lipinski definition) is 7. The lowest BCUT2D eigenvalue weighted by Gasteiger charge is -2.26. The third-order valence-electron chi connectivity index (χ3n) is 6.07. The van der Waals surface area contributed by atoms with Gasteiger partial charge in [0.15, 0.2) is 17.1 Å². The van der Waals surface area contributed by atoms with Crippen molar-refractivity contribution in [1.82, 2.24) is 29.4 Å². The average molecular weight is 454 g/mol. The van der Waals surface area contributed by atoms with Gasteiger partial charge < -0.3 is 14.2 Å². The monoisotopic (exact) mass is 454 g/mol. The first-order valence-corrected chi connectivity index (χ1v) is 10.9. The Morgan fingerprint density at radius 3 is 2.47 bits per heavy atom. The lowest BCUT2D eigenvalue weighted by atomic mass is 9.84. The van der Waals surface area contributed by atoms with Crippen LogP contribution in [0.4, 0.5) is 0 Å². The molecule has 2 aromatic carbocycles. The zero-order valence-corrected chi connectivity index (χ0v) is 19.2. The number of fused-ring (bicyclic) bond motifs is 4. The van der Waals surface area contributed by atoms with E-state index in [1.165, 1.54) is 0 Å². The van der Waals surface area contributed by atoms with Crippen molar-refractivity contribution < 1.29 is 14.2 Å². The third kappa shape index (κ3) is 2.93. The Morgan fingerprint density at radius 1 is 0.912 bits per heavy atom. The summed E-state index contributed by atoms with van der Waals surface area (Å²) in [5.41, 5.74) is 5.20. The lowest BCUT2D eigenvalue weighted by Crippen LogP contribution is -2.16.